The second-order valence-corrected chi connectivity index (χ2v) is 7.22. The van der Waals surface area contributed by atoms with Crippen molar-refractivity contribution < 1.29 is 9.90 Å². The molecule has 2 unspecified atom stereocenters. The van der Waals surface area contributed by atoms with Crippen LogP contribution in [0.4, 0.5) is 0 Å². The van der Waals surface area contributed by atoms with Crippen molar-refractivity contribution in [3.8, 4) is 0 Å². The molecule has 0 spiro atoms. The largest absolute Gasteiger partial charge is 0.480 e. The van der Waals surface area contributed by atoms with Crippen molar-refractivity contribution in [1.29, 1.82) is 0 Å². The molecule has 0 radical (unpaired) electrons. The van der Waals surface area contributed by atoms with Crippen LogP contribution in [0.25, 0.3) is 0 Å². The molecule has 1 fully saturated rings. The van der Waals surface area contributed by atoms with E-state index in [9.17, 15) is 4.79 Å². The highest BCUT2D eigenvalue weighted by Crippen LogP contribution is 2.69. The number of carbonyl (C=O) groups is 1. The quantitative estimate of drug-likeness (QED) is 0.786. The number of hydrogen-bond donors (Lipinski definition) is 1. The fourth-order valence-electron chi connectivity index (χ4n) is 1.87. The highest BCUT2D eigenvalue weighted by Gasteiger charge is 2.76. The first-order valence-corrected chi connectivity index (χ1v) is 5.53. The van der Waals surface area contributed by atoms with E-state index < -0.39 is 20.1 Å². The Morgan fingerprint density at radius 2 is 1.86 bits per heavy atom. The number of aliphatic carboxylic acids is 1. The number of halogens is 4. The monoisotopic (exact) mass is 278 g/mol. The summed E-state index contributed by atoms with van der Waals surface area (Å²) in [6.07, 6.45) is 0.153. The van der Waals surface area contributed by atoms with Gasteiger partial charge in [-0.15, -0.1) is 11.6 Å². The van der Waals surface area contributed by atoms with E-state index in [1.54, 1.807) is 13.8 Å². The standard InChI is InChI=1S/C8H10Cl4O2/c1-6(2)4(3-7(9,10)11)8(6,12)5(13)14/h4H,3H2,1-2H3,(H,13,14). The van der Waals surface area contributed by atoms with Gasteiger partial charge in [-0.2, -0.15) is 0 Å². The molecule has 0 bridgehead atoms. The highest BCUT2D eigenvalue weighted by atomic mass is 35.6. The fourth-order valence-corrected chi connectivity index (χ4v) is 2.76. The van der Waals surface area contributed by atoms with Gasteiger partial charge in [0.2, 0.25) is 0 Å². The molecule has 0 saturated heterocycles. The summed E-state index contributed by atoms with van der Waals surface area (Å²) < 4.78 is -1.45. The van der Waals surface area contributed by atoms with Crippen molar-refractivity contribution in [2.45, 2.75) is 28.9 Å². The summed E-state index contributed by atoms with van der Waals surface area (Å²) in [5.74, 6) is -1.37. The molecule has 2 nitrogen and oxygen atoms in total. The number of hydrogen-bond acceptors (Lipinski definition) is 1. The van der Waals surface area contributed by atoms with Gasteiger partial charge in [-0.3, -0.25) is 4.79 Å². The van der Waals surface area contributed by atoms with E-state index in [0.717, 1.165) is 0 Å². The predicted octanol–water partition coefficient (Wildman–Crippen LogP) is 3.46. The lowest BCUT2D eigenvalue weighted by Gasteiger charge is -2.10. The van der Waals surface area contributed by atoms with Crippen molar-refractivity contribution in [2.24, 2.45) is 11.3 Å². The summed E-state index contributed by atoms with van der Waals surface area (Å²) in [6.45, 7) is 3.52. The van der Waals surface area contributed by atoms with E-state index in [-0.39, 0.29) is 12.3 Å². The molecule has 1 aliphatic rings. The average Bonchev–Trinajstić information content (AvgIpc) is 2.32. The topological polar surface area (TPSA) is 37.3 Å². The maximum absolute atomic E-state index is 10.9. The third-order valence-corrected chi connectivity index (χ3v) is 4.33. The molecule has 1 aliphatic carbocycles. The molecular formula is C8H10Cl4O2. The minimum absolute atomic E-state index is 0.153. The first-order valence-electron chi connectivity index (χ1n) is 4.02. The van der Waals surface area contributed by atoms with Gasteiger partial charge in [0, 0.05) is 17.8 Å². The Morgan fingerprint density at radius 3 is 2.07 bits per heavy atom. The van der Waals surface area contributed by atoms with Crippen LogP contribution in [0.15, 0.2) is 0 Å². The van der Waals surface area contributed by atoms with Gasteiger partial charge in [0.25, 0.3) is 0 Å². The zero-order chi connectivity index (χ0) is 11.4. The van der Waals surface area contributed by atoms with E-state index in [0.29, 0.717) is 0 Å². The Kier molecular flexibility index (Phi) is 3.00. The molecule has 2 atom stereocenters. The van der Waals surface area contributed by atoms with Crippen molar-refractivity contribution in [3.63, 3.8) is 0 Å². The minimum Gasteiger partial charge on any atom is -0.480 e. The van der Waals surface area contributed by atoms with Crippen LogP contribution in [0.5, 0.6) is 0 Å². The number of carboxylic acid groups (broad SMARTS) is 1. The van der Waals surface area contributed by atoms with E-state index in [1.807, 2.05) is 0 Å². The van der Waals surface area contributed by atoms with Crippen LogP contribution in [0.2, 0.25) is 0 Å². The van der Waals surface area contributed by atoms with E-state index >= 15 is 0 Å². The number of carboxylic acids is 1. The second-order valence-electron chi connectivity index (χ2n) is 4.11. The third-order valence-electron chi connectivity index (χ3n) is 2.95. The van der Waals surface area contributed by atoms with Crippen LogP contribution >= 0.6 is 46.4 Å². The maximum atomic E-state index is 10.9. The summed E-state index contributed by atoms with van der Waals surface area (Å²) in [7, 11) is 0. The normalized spacial score (nSPS) is 35.4. The first kappa shape index (κ1) is 12.7. The molecule has 6 heteroatoms. The molecule has 0 aromatic carbocycles. The van der Waals surface area contributed by atoms with Gasteiger partial charge < -0.3 is 5.11 Å². The molecular weight excluding hydrogens is 270 g/mol. The van der Waals surface area contributed by atoms with Crippen LogP contribution in [-0.4, -0.2) is 19.7 Å². The van der Waals surface area contributed by atoms with Crippen LogP contribution in [-0.2, 0) is 4.79 Å². The van der Waals surface area contributed by atoms with Crippen LogP contribution in [0.3, 0.4) is 0 Å². The van der Waals surface area contributed by atoms with Crippen LogP contribution in [0.1, 0.15) is 20.3 Å². The minimum atomic E-state index is -1.45. The maximum Gasteiger partial charge on any atom is 0.325 e. The average molecular weight is 280 g/mol. The number of rotatable bonds is 2. The molecule has 0 amide bonds. The molecule has 0 aromatic heterocycles. The Hall–Kier alpha value is 0.630. The van der Waals surface area contributed by atoms with E-state index in [4.69, 9.17) is 51.5 Å². The van der Waals surface area contributed by atoms with Gasteiger partial charge in [0.1, 0.15) is 0 Å². The molecule has 1 N–H and O–H groups in total. The smallest absolute Gasteiger partial charge is 0.325 e. The van der Waals surface area contributed by atoms with Gasteiger partial charge >= 0.3 is 5.97 Å². The van der Waals surface area contributed by atoms with E-state index in [1.165, 1.54) is 0 Å². The zero-order valence-corrected chi connectivity index (χ0v) is 10.7. The Bertz CT molecular complexity index is 271. The summed E-state index contributed by atoms with van der Waals surface area (Å²) in [4.78, 5) is 9.64. The third kappa shape index (κ3) is 1.82. The lowest BCUT2D eigenvalue weighted by atomic mass is 10.1. The van der Waals surface area contributed by atoms with Crippen molar-refractivity contribution in [1.82, 2.24) is 0 Å². The molecule has 1 saturated carbocycles. The Morgan fingerprint density at radius 1 is 1.43 bits per heavy atom. The summed E-state index contributed by atoms with van der Waals surface area (Å²) in [6, 6.07) is 0. The lowest BCUT2D eigenvalue weighted by Crippen LogP contribution is -2.22. The molecule has 0 heterocycles. The van der Waals surface area contributed by atoms with Crippen LogP contribution in [0, 0.1) is 11.3 Å². The zero-order valence-electron chi connectivity index (χ0n) is 7.65. The summed E-state index contributed by atoms with van der Waals surface area (Å²) in [5.41, 5.74) is -0.537. The van der Waals surface area contributed by atoms with Crippen LogP contribution < -0.4 is 0 Å². The predicted molar refractivity (Wildman–Crippen MR) is 58.4 cm³/mol. The first-order chi connectivity index (χ1) is 6.03. The molecule has 14 heavy (non-hydrogen) atoms. The fraction of sp³-hybridized carbons (Fsp3) is 0.875. The van der Waals surface area contributed by atoms with Crippen molar-refractivity contribution in [3.05, 3.63) is 0 Å². The Balaban J connectivity index is 2.81. The Labute approximate surface area is 102 Å². The van der Waals surface area contributed by atoms with Gasteiger partial charge in [-0.05, 0) is 0 Å². The highest BCUT2D eigenvalue weighted by molar-refractivity contribution is 6.67. The molecule has 0 aromatic rings. The van der Waals surface area contributed by atoms with Crippen molar-refractivity contribution in [2.75, 3.05) is 0 Å². The van der Waals surface area contributed by atoms with Crippen molar-refractivity contribution >= 4 is 52.4 Å². The molecule has 1 rings (SSSR count). The summed E-state index contributed by atoms with van der Waals surface area (Å²) in [5, 5.41) is 8.95. The lowest BCUT2D eigenvalue weighted by molar-refractivity contribution is -0.138. The number of alkyl halides is 4. The van der Waals surface area contributed by atoms with Gasteiger partial charge in [0.05, 0.1) is 0 Å². The van der Waals surface area contributed by atoms with Gasteiger partial charge in [-0.1, -0.05) is 48.7 Å². The molecule has 82 valence electrons. The summed E-state index contributed by atoms with van der Waals surface area (Å²) >= 11 is 22.8. The molecule has 0 aliphatic heterocycles. The second kappa shape index (κ2) is 3.31. The van der Waals surface area contributed by atoms with E-state index in [2.05, 4.69) is 0 Å². The van der Waals surface area contributed by atoms with Gasteiger partial charge in [0.15, 0.2) is 8.67 Å². The van der Waals surface area contributed by atoms with Gasteiger partial charge in [-0.25, -0.2) is 0 Å². The SMILES string of the molecule is CC1(C)C(CC(Cl)(Cl)Cl)C1(Cl)C(=O)O.